The topological polar surface area (TPSA) is 53.2 Å². The molecule has 2 aromatic heterocycles. The van der Waals surface area contributed by atoms with E-state index < -0.39 is 0 Å². The van der Waals surface area contributed by atoms with Gasteiger partial charge in [0.15, 0.2) is 0 Å². The van der Waals surface area contributed by atoms with Crippen molar-refractivity contribution in [3.63, 3.8) is 0 Å². The van der Waals surface area contributed by atoms with E-state index in [1.165, 1.54) is 32.6 Å². The molecule has 2 aromatic carbocycles. The Bertz CT molecular complexity index is 1140. The molecule has 5 nitrogen and oxygen atoms in total. The molecule has 2 heterocycles. The number of aromatic amines is 1. The Labute approximate surface area is 172 Å². The standard InChI is InChI=1S/C24H30N4O/c1-5-28(6-2)13-7-11-26-24-20-15-25-12-10-18(20)16(3)23-22(24)19-14-17(29-4)8-9-21(19)27-23/h8-10,12,14-15,26-27H,5-7,11,13H2,1-4H3. The van der Waals surface area contributed by atoms with E-state index >= 15 is 0 Å². The average molecular weight is 391 g/mol. The molecular weight excluding hydrogens is 360 g/mol. The number of anilines is 1. The maximum Gasteiger partial charge on any atom is 0.119 e. The predicted octanol–water partition coefficient (Wildman–Crippen LogP) is 5.33. The molecule has 0 unspecified atom stereocenters. The first-order chi connectivity index (χ1) is 14.2. The second kappa shape index (κ2) is 8.29. The molecule has 0 atom stereocenters. The van der Waals surface area contributed by atoms with Gasteiger partial charge in [0.1, 0.15) is 5.75 Å². The number of hydrogen-bond acceptors (Lipinski definition) is 4. The first-order valence-electron chi connectivity index (χ1n) is 10.5. The van der Waals surface area contributed by atoms with E-state index in [4.69, 9.17) is 4.74 Å². The van der Waals surface area contributed by atoms with Crippen molar-refractivity contribution in [1.82, 2.24) is 14.9 Å². The summed E-state index contributed by atoms with van der Waals surface area (Å²) in [6.45, 7) is 10.8. The number of hydrogen-bond donors (Lipinski definition) is 2. The van der Waals surface area contributed by atoms with Crippen LogP contribution in [0.1, 0.15) is 25.8 Å². The molecule has 4 rings (SSSR count). The highest BCUT2D eigenvalue weighted by Gasteiger charge is 2.17. The summed E-state index contributed by atoms with van der Waals surface area (Å²) in [4.78, 5) is 10.5. The largest absolute Gasteiger partial charge is 0.497 e. The van der Waals surface area contributed by atoms with Crippen molar-refractivity contribution in [1.29, 1.82) is 0 Å². The lowest BCUT2D eigenvalue weighted by molar-refractivity contribution is 0.303. The highest BCUT2D eigenvalue weighted by atomic mass is 16.5. The third kappa shape index (κ3) is 3.51. The number of aromatic nitrogens is 2. The van der Waals surface area contributed by atoms with Gasteiger partial charge in [-0.25, -0.2) is 0 Å². The summed E-state index contributed by atoms with van der Waals surface area (Å²) >= 11 is 0. The maximum absolute atomic E-state index is 5.50. The highest BCUT2D eigenvalue weighted by molar-refractivity contribution is 6.22. The molecule has 5 heteroatoms. The molecule has 0 aliphatic heterocycles. The fourth-order valence-corrected chi connectivity index (χ4v) is 4.27. The molecule has 0 amide bonds. The molecule has 0 aliphatic rings. The number of rotatable bonds is 8. The first kappa shape index (κ1) is 19.5. The SMILES string of the molecule is CCN(CC)CCCNc1c2cnccc2c(C)c2[nH]c3ccc(OC)cc3c12. The van der Waals surface area contributed by atoms with E-state index in [2.05, 4.69) is 59.2 Å². The lowest BCUT2D eigenvalue weighted by Gasteiger charge is -2.19. The van der Waals surface area contributed by atoms with Crippen LogP contribution >= 0.6 is 0 Å². The maximum atomic E-state index is 5.50. The number of fused-ring (bicyclic) bond motifs is 4. The Kier molecular flexibility index (Phi) is 5.58. The molecule has 0 saturated heterocycles. The van der Waals surface area contributed by atoms with Gasteiger partial charge in [-0.05, 0) is 68.2 Å². The minimum Gasteiger partial charge on any atom is -0.497 e. The predicted molar refractivity (Wildman–Crippen MR) is 123 cm³/mol. The van der Waals surface area contributed by atoms with Crippen LogP contribution in [0.3, 0.4) is 0 Å². The Morgan fingerprint density at radius 1 is 1.10 bits per heavy atom. The molecular formula is C24H30N4O. The minimum absolute atomic E-state index is 0.870. The Morgan fingerprint density at radius 2 is 1.93 bits per heavy atom. The number of benzene rings is 2. The molecule has 0 spiro atoms. The number of ether oxygens (including phenoxy) is 1. The van der Waals surface area contributed by atoms with Crippen LogP contribution in [-0.4, -0.2) is 48.2 Å². The summed E-state index contributed by atoms with van der Waals surface area (Å²) in [6.07, 6.45) is 4.95. The van der Waals surface area contributed by atoms with Crippen LogP contribution in [0.4, 0.5) is 5.69 Å². The molecule has 152 valence electrons. The van der Waals surface area contributed by atoms with Gasteiger partial charge in [-0.1, -0.05) is 13.8 Å². The summed E-state index contributed by atoms with van der Waals surface area (Å²) in [5, 5.41) is 8.56. The quantitative estimate of drug-likeness (QED) is 0.399. The van der Waals surface area contributed by atoms with Gasteiger partial charge in [-0.3, -0.25) is 4.98 Å². The number of aryl methyl sites for hydroxylation is 1. The Balaban J connectivity index is 1.83. The van der Waals surface area contributed by atoms with Gasteiger partial charge < -0.3 is 19.9 Å². The molecule has 29 heavy (non-hydrogen) atoms. The minimum atomic E-state index is 0.870. The van der Waals surface area contributed by atoms with Gasteiger partial charge in [0.2, 0.25) is 0 Å². The van der Waals surface area contributed by atoms with Crippen LogP contribution in [0.5, 0.6) is 5.75 Å². The normalized spacial score (nSPS) is 11.8. The average Bonchev–Trinajstić information content (AvgIpc) is 3.14. The molecule has 2 N–H and O–H groups in total. The van der Waals surface area contributed by atoms with Gasteiger partial charge in [-0.15, -0.1) is 0 Å². The summed E-state index contributed by atoms with van der Waals surface area (Å²) < 4.78 is 5.50. The number of nitrogens with zero attached hydrogens (tertiary/aromatic N) is 2. The summed E-state index contributed by atoms with van der Waals surface area (Å²) in [6, 6.07) is 8.33. The van der Waals surface area contributed by atoms with Crippen LogP contribution < -0.4 is 10.1 Å². The zero-order chi connectivity index (χ0) is 20.4. The van der Waals surface area contributed by atoms with Gasteiger partial charge in [0.25, 0.3) is 0 Å². The third-order valence-electron chi connectivity index (χ3n) is 5.97. The van der Waals surface area contributed by atoms with E-state index in [1.54, 1.807) is 7.11 Å². The monoisotopic (exact) mass is 390 g/mol. The van der Waals surface area contributed by atoms with E-state index in [0.717, 1.165) is 49.6 Å². The van der Waals surface area contributed by atoms with Crippen molar-refractivity contribution in [2.24, 2.45) is 0 Å². The van der Waals surface area contributed by atoms with Crippen LogP contribution in [0.15, 0.2) is 36.7 Å². The zero-order valence-electron chi connectivity index (χ0n) is 17.8. The third-order valence-corrected chi connectivity index (χ3v) is 5.97. The van der Waals surface area contributed by atoms with E-state index in [9.17, 15) is 0 Å². The van der Waals surface area contributed by atoms with Gasteiger partial charge in [-0.2, -0.15) is 0 Å². The van der Waals surface area contributed by atoms with Crippen molar-refractivity contribution in [3.8, 4) is 5.75 Å². The second-order valence-electron chi connectivity index (χ2n) is 7.51. The molecule has 4 aromatic rings. The van der Waals surface area contributed by atoms with Crippen molar-refractivity contribution in [2.45, 2.75) is 27.2 Å². The van der Waals surface area contributed by atoms with Crippen molar-refractivity contribution < 1.29 is 4.74 Å². The van der Waals surface area contributed by atoms with Crippen LogP contribution in [0, 0.1) is 6.92 Å². The zero-order valence-corrected chi connectivity index (χ0v) is 17.8. The van der Waals surface area contributed by atoms with E-state index in [0.29, 0.717) is 0 Å². The molecule has 0 aliphatic carbocycles. The van der Waals surface area contributed by atoms with Crippen molar-refractivity contribution in [3.05, 3.63) is 42.2 Å². The van der Waals surface area contributed by atoms with Gasteiger partial charge >= 0.3 is 0 Å². The molecule has 0 radical (unpaired) electrons. The first-order valence-corrected chi connectivity index (χ1v) is 10.5. The number of H-pyrrole nitrogens is 1. The summed E-state index contributed by atoms with van der Waals surface area (Å²) in [5.41, 5.74) is 4.71. The smallest absolute Gasteiger partial charge is 0.119 e. The Morgan fingerprint density at radius 3 is 2.69 bits per heavy atom. The van der Waals surface area contributed by atoms with Crippen molar-refractivity contribution in [2.75, 3.05) is 38.6 Å². The van der Waals surface area contributed by atoms with Crippen LogP contribution in [0.2, 0.25) is 0 Å². The van der Waals surface area contributed by atoms with Gasteiger partial charge in [0, 0.05) is 40.6 Å². The summed E-state index contributed by atoms with van der Waals surface area (Å²) in [5.74, 6) is 0.870. The second-order valence-corrected chi connectivity index (χ2v) is 7.51. The van der Waals surface area contributed by atoms with Gasteiger partial charge in [0.05, 0.1) is 18.3 Å². The fraction of sp³-hybridized carbons (Fsp3) is 0.375. The fourth-order valence-electron chi connectivity index (χ4n) is 4.27. The van der Waals surface area contributed by atoms with Crippen LogP contribution in [-0.2, 0) is 0 Å². The number of methoxy groups -OCH3 is 1. The highest BCUT2D eigenvalue weighted by Crippen LogP contribution is 2.40. The Hall–Kier alpha value is -2.79. The molecule has 0 saturated carbocycles. The summed E-state index contributed by atoms with van der Waals surface area (Å²) in [7, 11) is 1.72. The number of pyridine rings is 1. The van der Waals surface area contributed by atoms with E-state index in [-0.39, 0.29) is 0 Å². The molecule has 0 fully saturated rings. The number of nitrogens with one attached hydrogen (secondary N) is 2. The van der Waals surface area contributed by atoms with Crippen molar-refractivity contribution >= 4 is 38.3 Å². The lowest BCUT2D eigenvalue weighted by atomic mass is 9.99. The van der Waals surface area contributed by atoms with Crippen LogP contribution in [0.25, 0.3) is 32.6 Å². The lowest BCUT2D eigenvalue weighted by Crippen LogP contribution is -2.25. The molecule has 0 bridgehead atoms. The van der Waals surface area contributed by atoms with E-state index in [1.807, 2.05) is 18.5 Å².